The SMILES string of the molecule is CC(C)(C#N)NCCNC(C)(C)C#N. The molecule has 0 saturated carbocycles. The molecule has 0 aromatic carbocycles. The molecular formula is C10H18N4. The van der Waals surface area contributed by atoms with Gasteiger partial charge in [-0.15, -0.1) is 0 Å². The van der Waals surface area contributed by atoms with E-state index >= 15 is 0 Å². The van der Waals surface area contributed by atoms with Gasteiger partial charge in [0.2, 0.25) is 0 Å². The summed E-state index contributed by atoms with van der Waals surface area (Å²) in [6.07, 6.45) is 0. The molecule has 0 aliphatic heterocycles. The number of hydrogen-bond donors (Lipinski definition) is 2. The number of hydrogen-bond acceptors (Lipinski definition) is 4. The fraction of sp³-hybridized carbons (Fsp3) is 0.800. The number of rotatable bonds is 5. The first-order chi connectivity index (χ1) is 6.33. The molecule has 0 bridgehead atoms. The van der Waals surface area contributed by atoms with Gasteiger partial charge in [0.25, 0.3) is 0 Å². The van der Waals surface area contributed by atoms with E-state index in [1.54, 1.807) is 0 Å². The zero-order chi connectivity index (χ0) is 11.2. The molecule has 2 N–H and O–H groups in total. The molecule has 0 radical (unpaired) electrons. The van der Waals surface area contributed by atoms with E-state index in [2.05, 4.69) is 22.8 Å². The maximum atomic E-state index is 8.71. The zero-order valence-electron chi connectivity index (χ0n) is 9.31. The lowest BCUT2D eigenvalue weighted by molar-refractivity contribution is 0.434. The number of nitrogens with one attached hydrogen (secondary N) is 2. The third-order valence-electron chi connectivity index (χ3n) is 1.82. The third kappa shape index (κ3) is 5.53. The molecule has 0 atom stereocenters. The highest BCUT2D eigenvalue weighted by atomic mass is 15.0. The van der Waals surface area contributed by atoms with Crippen LogP contribution >= 0.6 is 0 Å². The van der Waals surface area contributed by atoms with E-state index in [-0.39, 0.29) is 0 Å². The van der Waals surface area contributed by atoms with Crippen LogP contribution in [0.2, 0.25) is 0 Å². The Hall–Kier alpha value is -1.10. The molecule has 14 heavy (non-hydrogen) atoms. The van der Waals surface area contributed by atoms with Crippen molar-refractivity contribution in [1.29, 1.82) is 10.5 Å². The fourth-order valence-corrected chi connectivity index (χ4v) is 0.829. The molecule has 0 aliphatic carbocycles. The van der Waals surface area contributed by atoms with Gasteiger partial charge in [-0.05, 0) is 27.7 Å². The topological polar surface area (TPSA) is 71.6 Å². The predicted octanol–water partition coefficient (Wildman–Crippen LogP) is 0.770. The van der Waals surface area contributed by atoms with Crippen LogP contribution in [0.4, 0.5) is 0 Å². The summed E-state index contributed by atoms with van der Waals surface area (Å²) in [4.78, 5) is 0. The molecule has 0 amide bonds. The van der Waals surface area contributed by atoms with Gasteiger partial charge in [0.15, 0.2) is 0 Å². The van der Waals surface area contributed by atoms with Gasteiger partial charge in [-0.3, -0.25) is 10.6 Å². The van der Waals surface area contributed by atoms with Crippen molar-refractivity contribution < 1.29 is 0 Å². The van der Waals surface area contributed by atoms with Crippen molar-refractivity contribution in [2.45, 2.75) is 38.8 Å². The quantitative estimate of drug-likeness (QED) is 0.634. The number of nitriles is 2. The van der Waals surface area contributed by atoms with Gasteiger partial charge in [-0.2, -0.15) is 10.5 Å². The largest absolute Gasteiger partial charge is 0.299 e. The summed E-state index contributed by atoms with van der Waals surface area (Å²) >= 11 is 0. The highest BCUT2D eigenvalue weighted by Gasteiger charge is 2.17. The van der Waals surface area contributed by atoms with Crippen molar-refractivity contribution in [1.82, 2.24) is 10.6 Å². The Balaban J connectivity index is 3.70. The standard InChI is InChI=1S/C10H18N4/c1-9(2,7-11)13-5-6-14-10(3,4)8-12/h13-14H,5-6H2,1-4H3. The number of nitrogens with zero attached hydrogens (tertiary/aromatic N) is 2. The Labute approximate surface area is 85.9 Å². The molecule has 0 spiro atoms. The predicted molar refractivity (Wildman–Crippen MR) is 55.4 cm³/mol. The van der Waals surface area contributed by atoms with Gasteiger partial charge in [-0.25, -0.2) is 0 Å². The van der Waals surface area contributed by atoms with Crippen LogP contribution in [0.5, 0.6) is 0 Å². The first kappa shape index (κ1) is 12.9. The van der Waals surface area contributed by atoms with E-state index in [0.29, 0.717) is 13.1 Å². The van der Waals surface area contributed by atoms with Crippen molar-refractivity contribution in [3.63, 3.8) is 0 Å². The van der Waals surface area contributed by atoms with Gasteiger partial charge in [0.05, 0.1) is 12.1 Å². The van der Waals surface area contributed by atoms with Crippen LogP contribution in [0.25, 0.3) is 0 Å². The molecular weight excluding hydrogens is 176 g/mol. The maximum Gasteiger partial charge on any atom is 0.101 e. The van der Waals surface area contributed by atoms with E-state index in [9.17, 15) is 0 Å². The van der Waals surface area contributed by atoms with Gasteiger partial charge < -0.3 is 0 Å². The van der Waals surface area contributed by atoms with Crippen molar-refractivity contribution in [2.24, 2.45) is 0 Å². The molecule has 0 aromatic heterocycles. The second-order valence-corrected chi connectivity index (χ2v) is 4.33. The monoisotopic (exact) mass is 194 g/mol. The van der Waals surface area contributed by atoms with Gasteiger partial charge >= 0.3 is 0 Å². The molecule has 4 heteroatoms. The lowest BCUT2D eigenvalue weighted by Gasteiger charge is -2.21. The molecule has 0 saturated heterocycles. The maximum absolute atomic E-state index is 8.71. The summed E-state index contributed by atoms with van der Waals surface area (Å²) in [5.41, 5.74) is -1.00. The van der Waals surface area contributed by atoms with Crippen LogP contribution in [0.3, 0.4) is 0 Å². The van der Waals surface area contributed by atoms with Crippen molar-refractivity contribution in [3.05, 3.63) is 0 Å². The lowest BCUT2D eigenvalue weighted by atomic mass is 10.1. The average Bonchev–Trinajstić information content (AvgIpc) is 2.13. The highest BCUT2D eigenvalue weighted by Crippen LogP contribution is 1.99. The summed E-state index contributed by atoms with van der Waals surface area (Å²) in [7, 11) is 0. The molecule has 0 rings (SSSR count). The van der Waals surface area contributed by atoms with Gasteiger partial charge in [0, 0.05) is 13.1 Å². The Morgan fingerprint density at radius 2 is 1.14 bits per heavy atom. The van der Waals surface area contributed by atoms with Gasteiger partial charge in [0.1, 0.15) is 11.1 Å². The van der Waals surface area contributed by atoms with Crippen molar-refractivity contribution >= 4 is 0 Å². The van der Waals surface area contributed by atoms with Crippen molar-refractivity contribution in [2.75, 3.05) is 13.1 Å². The summed E-state index contributed by atoms with van der Waals surface area (Å²) in [6, 6.07) is 4.30. The Kier molecular flexibility index (Phi) is 4.56. The van der Waals surface area contributed by atoms with Crippen LogP contribution in [-0.2, 0) is 0 Å². The molecule has 78 valence electrons. The van der Waals surface area contributed by atoms with Crippen LogP contribution in [-0.4, -0.2) is 24.2 Å². The molecule has 0 heterocycles. The van der Waals surface area contributed by atoms with E-state index < -0.39 is 11.1 Å². The van der Waals surface area contributed by atoms with Crippen LogP contribution in [0.15, 0.2) is 0 Å². The van der Waals surface area contributed by atoms with Crippen LogP contribution in [0.1, 0.15) is 27.7 Å². The molecule has 0 aromatic rings. The minimum atomic E-state index is -0.502. The molecule has 0 aliphatic rings. The lowest BCUT2D eigenvalue weighted by Crippen LogP contribution is -2.46. The highest BCUT2D eigenvalue weighted by molar-refractivity contribution is 5.01. The van der Waals surface area contributed by atoms with E-state index in [1.807, 2.05) is 27.7 Å². The minimum Gasteiger partial charge on any atom is -0.299 e. The average molecular weight is 194 g/mol. The molecule has 0 fully saturated rings. The summed E-state index contributed by atoms with van der Waals surface area (Å²) in [6.45, 7) is 8.63. The second kappa shape index (κ2) is 4.95. The molecule has 0 unspecified atom stereocenters. The van der Waals surface area contributed by atoms with E-state index in [0.717, 1.165) is 0 Å². The molecule has 4 nitrogen and oxygen atoms in total. The summed E-state index contributed by atoms with van der Waals surface area (Å²) in [5, 5.41) is 23.6. The summed E-state index contributed by atoms with van der Waals surface area (Å²) in [5.74, 6) is 0. The van der Waals surface area contributed by atoms with Gasteiger partial charge in [-0.1, -0.05) is 0 Å². The summed E-state index contributed by atoms with van der Waals surface area (Å²) < 4.78 is 0. The van der Waals surface area contributed by atoms with E-state index in [4.69, 9.17) is 10.5 Å². The normalized spacial score (nSPS) is 11.9. The smallest absolute Gasteiger partial charge is 0.101 e. The first-order valence-corrected chi connectivity index (χ1v) is 4.65. The van der Waals surface area contributed by atoms with Crippen LogP contribution in [0, 0.1) is 22.7 Å². The van der Waals surface area contributed by atoms with Crippen LogP contribution < -0.4 is 10.6 Å². The van der Waals surface area contributed by atoms with E-state index in [1.165, 1.54) is 0 Å². The Morgan fingerprint density at radius 1 is 0.857 bits per heavy atom. The Morgan fingerprint density at radius 3 is 1.36 bits per heavy atom. The second-order valence-electron chi connectivity index (χ2n) is 4.33. The first-order valence-electron chi connectivity index (χ1n) is 4.65. The third-order valence-corrected chi connectivity index (χ3v) is 1.82. The van der Waals surface area contributed by atoms with Crippen molar-refractivity contribution in [3.8, 4) is 12.1 Å². The fourth-order valence-electron chi connectivity index (χ4n) is 0.829. The Bertz CT molecular complexity index is 226. The minimum absolute atomic E-state index is 0.502. The zero-order valence-corrected chi connectivity index (χ0v) is 9.31.